The molecular formula is C20H22N2O4. The fourth-order valence-corrected chi connectivity index (χ4v) is 2.74. The van der Waals surface area contributed by atoms with E-state index in [1.165, 1.54) is 0 Å². The van der Waals surface area contributed by atoms with E-state index < -0.39 is 0 Å². The maximum Gasteiger partial charge on any atom is 0.262 e. The molecule has 0 aromatic heterocycles. The molecule has 1 aliphatic heterocycles. The Kier molecular flexibility index (Phi) is 5.11. The lowest BCUT2D eigenvalue weighted by Crippen LogP contribution is -2.25. The first-order valence-corrected chi connectivity index (χ1v) is 8.52. The smallest absolute Gasteiger partial charge is 0.262 e. The van der Waals surface area contributed by atoms with Crippen LogP contribution in [0.5, 0.6) is 11.5 Å². The van der Waals surface area contributed by atoms with Gasteiger partial charge in [-0.15, -0.1) is 0 Å². The summed E-state index contributed by atoms with van der Waals surface area (Å²) in [6.45, 7) is 6.06. The summed E-state index contributed by atoms with van der Waals surface area (Å²) in [7, 11) is 0. The van der Waals surface area contributed by atoms with Gasteiger partial charge in [0.15, 0.2) is 13.2 Å². The van der Waals surface area contributed by atoms with Gasteiger partial charge in [-0.25, -0.2) is 0 Å². The summed E-state index contributed by atoms with van der Waals surface area (Å²) in [4.78, 5) is 23.6. The van der Waals surface area contributed by atoms with Crippen LogP contribution >= 0.6 is 0 Å². The number of hydrogen-bond donors (Lipinski definition) is 2. The van der Waals surface area contributed by atoms with Crippen LogP contribution in [0.25, 0.3) is 0 Å². The molecule has 2 aromatic carbocycles. The Morgan fingerprint density at radius 3 is 2.85 bits per heavy atom. The van der Waals surface area contributed by atoms with Crippen molar-refractivity contribution in [2.75, 3.05) is 23.8 Å². The molecule has 6 heteroatoms. The van der Waals surface area contributed by atoms with Crippen molar-refractivity contribution in [2.24, 2.45) is 0 Å². The summed E-state index contributed by atoms with van der Waals surface area (Å²) in [6.07, 6.45) is 0. The molecular weight excluding hydrogens is 332 g/mol. The standard InChI is InChI=1S/C20H22N2O4/c1-12(2)15-6-4-13(3)8-18(15)26-10-19(23)21-14-5-7-17-16(9-14)22-20(24)11-25-17/h4-9,12H,10-11H2,1-3H3,(H,21,23)(H,22,24). The number of hydrogen-bond acceptors (Lipinski definition) is 4. The van der Waals surface area contributed by atoms with Crippen LogP contribution in [0.15, 0.2) is 36.4 Å². The largest absolute Gasteiger partial charge is 0.483 e. The summed E-state index contributed by atoms with van der Waals surface area (Å²) < 4.78 is 11.0. The lowest BCUT2D eigenvalue weighted by Gasteiger charge is -2.19. The Labute approximate surface area is 152 Å². The third kappa shape index (κ3) is 4.14. The normalized spacial score (nSPS) is 12.8. The second-order valence-electron chi connectivity index (χ2n) is 6.58. The molecule has 136 valence electrons. The molecule has 0 aliphatic carbocycles. The van der Waals surface area contributed by atoms with Crippen molar-refractivity contribution >= 4 is 23.2 Å². The second kappa shape index (κ2) is 7.47. The maximum absolute atomic E-state index is 12.2. The minimum atomic E-state index is -0.274. The first-order valence-electron chi connectivity index (χ1n) is 8.52. The maximum atomic E-state index is 12.2. The zero-order valence-corrected chi connectivity index (χ0v) is 15.1. The van der Waals surface area contributed by atoms with Gasteiger partial charge in [0.05, 0.1) is 5.69 Å². The highest BCUT2D eigenvalue weighted by atomic mass is 16.5. The Morgan fingerprint density at radius 2 is 2.08 bits per heavy atom. The van der Waals surface area contributed by atoms with E-state index in [0.29, 0.717) is 23.0 Å². The highest BCUT2D eigenvalue weighted by molar-refractivity contribution is 5.97. The van der Waals surface area contributed by atoms with Gasteiger partial charge in [0.1, 0.15) is 11.5 Å². The lowest BCUT2D eigenvalue weighted by molar-refractivity contribution is -0.119. The van der Waals surface area contributed by atoms with Gasteiger partial charge in [-0.1, -0.05) is 26.0 Å². The summed E-state index contributed by atoms with van der Waals surface area (Å²) >= 11 is 0. The fourth-order valence-electron chi connectivity index (χ4n) is 2.74. The summed E-state index contributed by atoms with van der Waals surface area (Å²) in [5, 5.41) is 5.48. The van der Waals surface area contributed by atoms with E-state index in [0.717, 1.165) is 16.9 Å². The summed E-state index contributed by atoms with van der Waals surface area (Å²) in [6, 6.07) is 11.1. The highest BCUT2D eigenvalue weighted by Gasteiger charge is 2.17. The quantitative estimate of drug-likeness (QED) is 0.862. The van der Waals surface area contributed by atoms with E-state index in [4.69, 9.17) is 9.47 Å². The fraction of sp³-hybridized carbons (Fsp3) is 0.300. The molecule has 0 spiro atoms. The lowest BCUT2D eigenvalue weighted by atomic mass is 10.0. The van der Waals surface area contributed by atoms with Crippen LogP contribution in [0.1, 0.15) is 30.9 Å². The third-order valence-corrected chi connectivity index (χ3v) is 4.05. The molecule has 0 bridgehead atoms. The number of amides is 2. The first kappa shape index (κ1) is 17.8. The molecule has 0 fully saturated rings. The summed E-state index contributed by atoms with van der Waals surface area (Å²) in [5.41, 5.74) is 3.25. The number of rotatable bonds is 5. The van der Waals surface area contributed by atoms with Gasteiger partial charge in [-0.2, -0.15) is 0 Å². The Hall–Kier alpha value is -3.02. The van der Waals surface area contributed by atoms with Crippen molar-refractivity contribution in [3.8, 4) is 11.5 Å². The molecule has 3 rings (SSSR count). The van der Waals surface area contributed by atoms with Gasteiger partial charge in [0, 0.05) is 5.69 Å². The van der Waals surface area contributed by atoms with Crippen LogP contribution in [0, 0.1) is 6.92 Å². The minimum Gasteiger partial charge on any atom is -0.483 e. The third-order valence-electron chi connectivity index (χ3n) is 4.05. The molecule has 1 heterocycles. The SMILES string of the molecule is Cc1ccc(C(C)C)c(OCC(=O)Nc2ccc3c(c2)NC(=O)CO3)c1. The molecule has 2 amide bonds. The first-order chi connectivity index (χ1) is 12.4. The molecule has 0 radical (unpaired) electrons. The molecule has 0 atom stereocenters. The molecule has 6 nitrogen and oxygen atoms in total. The van der Waals surface area contributed by atoms with Gasteiger partial charge in [-0.05, 0) is 48.2 Å². The molecule has 2 aromatic rings. The highest BCUT2D eigenvalue weighted by Crippen LogP contribution is 2.30. The number of carbonyl (C=O) groups is 2. The van der Waals surface area contributed by atoms with Crippen LogP contribution in [0.3, 0.4) is 0 Å². The van der Waals surface area contributed by atoms with E-state index in [9.17, 15) is 9.59 Å². The molecule has 1 aliphatic rings. The zero-order valence-electron chi connectivity index (χ0n) is 15.1. The number of fused-ring (bicyclic) bond motifs is 1. The Balaban J connectivity index is 1.64. The predicted molar refractivity (Wildman–Crippen MR) is 100.0 cm³/mol. The van der Waals surface area contributed by atoms with Gasteiger partial charge in [0.2, 0.25) is 0 Å². The van der Waals surface area contributed by atoms with Crippen molar-refractivity contribution in [1.82, 2.24) is 0 Å². The predicted octanol–water partition coefficient (Wildman–Crippen LogP) is 3.47. The minimum absolute atomic E-state index is 0.00121. The summed E-state index contributed by atoms with van der Waals surface area (Å²) in [5.74, 6) is 1.12. The van der Waals surface area contributed by atoms with E-state index in [2.05, 4.69) is 24.5 Å². The topological polar surface area (TPSA) is 76.7 Å². The Bertz CT molecular complexity index is 846. The number of ether oxygens (including phenoxy) is 2. The van der Waals surface area contributed by atoms with Crippen LogP contribution < -0.4 is 20.1 Å². The van der Waals surface area contributed by atoms with Crippen LogP contribution in [-0.2, 0) is 9.59 Å². The molecule has 0 saturated carbocycles. The average Bonchev–Trinajstić information content (AvgIpc) is 2.59. The average molecular weight is 354 g/mol. The number of nitrogens with one attached hydrogen (secondary N) is 2. The van der Waals surface area contributed by atoms with Gasteiger partial charge in [-0.3, -0.25) is 9.59 Å². The van der Waals surface area contributed by atoms with Crippen molar-refractivity contribution in [1.29, 1.82) is 0 Å². The van der Waals surface area contributed by atoms with Gasteiger partial charge >= 0.3 is 0 Å². The zero-order chi connectivity index (χ0) is 18.7. The number of benzene rings is 2. The van der Waals surface area contributed by atoms with E-state index in [1.54, 1.807) is 18.2 Å². The molecule has 26 heavy (non-hydrogen) atoms. The van der Waals surface area contributed by atoms with E-state index in [-0.39, 0.29) is 25.0 Å². The van der Waals surface area contributed by atoms with E-state index >= 15 is 0 Å². The van der Waals surface area contributed by atoms with Crippen molar-refractivity contribution in [2.45, 2.75) is 26.7 Å². The monoisotopic (exact) mass is 354 g/mol. The van der Waals surface area contributed by atoms with Gasteiger partial charge < -0.3 is 20.1 Å². The van der Waals surface area contributed by atoms with E-state index in [1.807, 2.05) is 25.1 Å². The molecule has 0 saturated heterocycles. The molecule has 0 unspecified atom stereocenters. The number of anilines is 2. The number of carbonyl (C=O) groups excluding carboxylic acids is 2. The van der Waals surface area contributed by atoms with Crippen molar-refractivity contribution < 1.29 is 19.1 Å². The van der Waals surface area contributed by atoms with Crippen molar-refractivity contribution in [3.63, 3.8) is 0 Å². The Morgan fingerprint density at radius 1 is 1.27 bits per heavy atom. The van der Waals surface area contributed by atoms with Crippen LogP contribution in [-0.4, -0.2) is 25.0 Å². The van der Waals surface area contributed by atoms with Crippen molar-refractivity contribution in [3.05, 3.63) is 47.5 Å². The molecule has 2 N–H and O–H groups in total. The van der Waals surface area contributed by atoms with Crippen LogP contribution in [0.2, 0.25) is 0 Å². The van der Waals surface area contributed by atoms with Gasteiger partial charge in [0.25, 0.3) is 11.8 Å². The second-order valence-corrected chi connectivity index (χ2v) is 6.58. The van der Waals surface area contributed by atoms with Crippen LogP contribution in [0.4, 0.5) is 11.4 Å². The number of aryl methyl sites for hydroxylation is 1.